The number of furan rings is 1. The average molecular weight is 409 g/mol. The number of halogens is 1. The Kier molecular flexibility index (Phi) is 13.7. The predicted octanol–water partition coefficient (Wildman–Crippen LogP) is 2.81. The molecule has 2 N–H and O–H groups in total. The number of nitrogens with zero attached hydrogens (tertiary/aromatic N) is 1. The van der Waals surface area contributed by atoms with Crippen molar-refractivity contribution in [2.24, 2.45) is 4.99 Å². The van der Waals surface area contributed by atoms with Crippen LogP contribution in [0.4, 0.5) is 0 Å². The first-order chi connectivity index (χ1) is 9.86. The van der Waals surface area contributed by atoms with Crippen molar-refractivity contribution < 1.29 is 9.15 Å². The van der Waals surface area contributed by atoms with Crippen molar-refractivity contribution in [3.05, 3.63) is 24.2 Å². The summed E-state index contributed by atoms with van der Waals surface area (Å²) < 4.78 is 10.6. The first-order valence-electron chi connectivity index (χ1n) is 7.49. The highest BCUT2D eigenvalue weighted by molar-refractivity contribution is 14.0. The summed E-state index contributed by atoms with van der Waals surface area (Å²) in [5.74, 6) is 1.86. The van der Waals surface area contributed by atoms with Gasteiger partial charge in [0.1, 0.15) is 5.76 Å². The molecule has 0 aromatic carbocycles. The monoisotopic (exact) mass is 409 g/mol. The van der Waals surface area contributed by atoms with Crippen LogP contribution in [0.1, 0.15) is 32.4 Å². The van der Waals surface area contributed by atoms with Crippen molar-refractivity contribution in [2.45, 2.75) is 33.1 Å². The van der Waals surface area contributed by atoms with Gasteiger partial charge < -0.3 is 19.8 Å². The fourth-order valence-electron chi connectivity index (χ4n) is 1.75. The van der Waals surface area contributed by atoms with Crippen LogP contribution < -0.4 is 10.6 Å². The summed E-state index contributed by atoms with van der Waals surface area (Å²) in [6.45, 7) is 8.21. The minimum atomic E-state index is 0. The van der Waals surface area contributed by atoms with Gasteiger partial charge in [-0.05, 0) is 38.8 Å². The van der Waals surface area contributed by atoms with Crippen LogP contribution in [-0.2, 0) is 11.2 Å². The summed E-state index contributed by atoms with van der Waals surface area (Å²) in [5.41, 5.74) is 0. The Hall–Kier alpha value is -0.760. The van der Waals surface area contributed by atoms with Gasteiger partial charge in [-0.15, -0.1) is 24.0 Å². The van der Waals surface area contributed by atoms with Gasteiger partial charge in [-0.2, -0.15) is 0 Å². The Balaban J connectivity index is 0.00000400. The molecule has 0 aliphatic carbocycles. The average Bonchev–Trinajstić information content (AvgIpc) is 2.96. The molecule has 0 fully saturated rings. The Morgan fingerprint density at radius 1 is 1.29 bits per heavy atom. The van der Waals surface area contributed by atoms with E-state index in [9.17, 15) is 0 Å². The standard InChI is InChI=1S/C15H27N3O2.HI/c1-3-16-15(17-10-5-6-12-19-4-2)18-11-9-14-8-7-13-20-14;/h7-8,13H,3-6,9-12H2,1-2H3,(H2,16,17,18);1H. The van der Waals surface area contributed by atoms with E-state index in [4.69, 9.17) is 9.15 Å². The first-order valence-corrected chi connectivity index (χ1v) is 7.49. The van der Waals surface area contributed by atoms with Gasteiger partial charge >= 0.3 is 0 Å². The van der Waals surface area contributed by atoms with Crippen LogP contribution in [0.25, 0.3) is 0 Å². The molecule has 1 aromatic heterocycles. The van der Waals surface area contributed by atoms with E-state index in [2.05, 4.69) is 22.5 Å². The van der Waals surface area contributed by atoms with Gasteiger partial charge in [-0.25, -0.2) is 0 Å². The Bertz CT molecular complexity index is 356. The smallest absolute Gasteiger partial charge is 0.191 e. The molecule has 0 aliphatic heterocycles. The normalized spacial score (nSPS) is 11.0. The highest BCUT2D eigenvalue weighted by Crippen LogP contribution is 1.99. The van der Waals surface area contributed by atoms with E-state index in [0.29, 0.717) is 0 Å². The Morgan fingerprint density at radius 3 is 2.81 bits per heavy atom. The van der Waals surface area contributed by atoms with Gasteiger partial charge in [0.05, 0.1) is 6.26 Å². The minimum absolute atomic E-state index is 0. The number of ether oxygens (including phenoxy) is 1. The highest BCUT2D eigenvalue weighted by Gasteiger charge is 1.99. The van der Waals surface area contributed by atoms with Crippen molar-refractivity contribution in [3.63, 3.8) is 0 Å². The number of hydrogen-bond acceptors (Lipinski definition) is 3. The molecule has 0 saturated carbocycles. The van der Waals surface area contributed by atoms with Gasteiger partial charge in [-0.1, -0.05) is 0 Å². The van der Waals surface area contributed by atoms with Gasteiger partial charge in [0.15, 0.2) is 5.96 Å². The highest BCUT2D eigenvalue weighted by atomic mass is 127. The molecule has 0 amide bonds. The third-order valence-electron chi connectivity index (χ3n) is 2.76. The van der Waals surface area contributed by atoms with E-state index in [1.807, 2.05) is 19.1 Å². The lowest BCUT2D eigenvalue weighted by Gasteiger charge is -2.10. The molecule has 0 bridgehead atoms. The molecule has 0 atom stereocenters. The zero-order valence-corrected chi connectivity index (χ0v) is 15.4. The maximum absolute atomic E-state index is 5.30. The predicted molar refractivity (Wildman–Crippen MR) is 97.5 cm³/mol. The zero-order chi connectivity index (χ0) is 14.5. The first kappa shape index (κ1) is 20.2. The second kappa shape index (κ2) is 14.2. The fourth-order valence-corrected chi connectivity index (χ4v) is 1.75. The second-order valence-electron chi connectivity index (χ2n) is 4.42. The van der Waals surface area contributed by atoms with E-state index in [1.165, 1.54) is 0 Å². The molecule has 1 heterocycles. The number of aliphatic imine (C=N–C) groups is 1. The van der Waals surface area contributed by atoms with Crippen LogP contribution in [0.3, 0.4) is 0 Å². The quantitative estimate of drug-likeness (QED) is 0.270. The van der Waals surface area contributed by atoms with E-state index < -0.39 is 0 Å². The molecule has 122 valence electrons. The van der Waals surface area contributed by atoms with Crippen LogP contribution >= 0.6 is 24.0 Å². The number of unbranched alkanes of at least 4 members (excludes halogenated alkanes) is 1. The molecular formula is C15H28IN3O2. The van der Waals surface area contributed by atoms with Crippen molar-refractivity contribution in [3.8, 4) is 0 Å². The molecule has 1 aromatic rings. The van der Waals surface area contributed by atoms with E-state index in [-0.39, 0.29) is 24.0 Å². The van der Waals surface area contributed by atoms with Crippen molar-refractivity contribution in [1.29, 1.82) is 0 Å². The SMILES string of the molecule is CCNC(=NCCCCOCC)NCCc1ccco1.I. The van der Waals surface area contributed by atoms with Gasteiger partial charge in [0.25, 0.3) is 0 Å². The number of rotatable bonds is 10. The van der Waals surface area contributed by atoms with E-state index >= 15 is 0 Å². The summed E-state index contributed by atoms with van der Waals surface area (Å²) in [4.78, 5) is 4.54. The summed E-state index contributed by atoms with van der Waals surface area (Å²) in [6.07, 6.45) is 4.67. The van der Waals surface area contributed by atoms with E-state index in [1.54, 1.807) is 6.26 Å². The third kappa shape index (κ3) is 10.6. The topological polar surface area (TPSA) is 58.8 Å². The summed E-state index contributed by atoms with van der Waals surface area (Å²) in [6, 6.07) is 3.90. The molecule has 0 radical (unpaired) electrons. The number of nitrogens with one attached hydrogen (secondary N) is 2. The van der Waals surface area contributed by atoms with Crippen molar-refractivity contribution >= 4 is 29.9 Å². The van der Waals surface area contributed by atoms with Crippen molar-refractivity contribution in [1.82, 2.24) is 10.6 Å². The van der Waals surface area contributed by atoms with Gasteiger partial charge in [0.2, 0.25) is 0 Å². The molecule has 21 heavy (non-hydrogen) atoms. The van der Waals surface area contributed by atoms with Crippen LogP contribution in [0, 0.1) is 0 Å². The van der Waals surface area contributed by atoms with E-state index in [0.717, 1.165) is 63.8 Å². The zero-order valence-electron chi connectivity index (χ0n) is 13.1. The molecule has 6 heteroatoms. The lowest BCUT2D eigenvalue weighted by Crippen LogP contribution is -2.38. The lowest BCUT2D eigenvalue weighted by atomic mass is 10.3. The maximum atomic E-state index is 5.30. The molecule has 0 aliphatic rings. The molecular weight excluding hydrogens is 381 g/mol. The maximum Gasteiger partial charge on any atom is 0.191 e. The molecule has 5 nitrogen and oxygen atoms in total. The third-order valence-corrected chi connectivity index (χ3v) is 2.76. The van der Waals surface area contributed by atoms with Crippen molar-refractivity contribution in [2.75, 3.05) is 32.8 Å². The Morgan fingerprint density at radius 2 is 2.14 bits per heavy atom. The largest absolute Gasteiger partial charge is 0.469 e. The fraction of sp³-hybridized carbons (Fsp3) is 0.667. The van der Waals surface area contributed by atoms with Crippen LogP contribution in [0.5, 0.6) is 0 Å². The Labute approximate surface area is 144 Å². The molecule has 1 rings (SSSR count). The number of hydrogen-bond donors (Lipinski definition) is 2. The van der Waals surface area contributed by atoms with Crippen LogP contribution in [0.15, 0.2) is 27.8 Å². The van der Waals surface area contributed by atoms with Crippen LogP contribution in [-0.4, -0.2) is 38.8 Å². The lowest BCUT2D eigenvalue weighted by molar-refractivity contribution is 0.144. The van der Waals surface area contributed by atoms with Gasteiger partial charge in [0, 0.05) is 39.3 Å². The van der Waals surface area contributed by atoms with Gasteiger partial charge in [-0.3, -0.25) is 4.99 Å². The number of guanidine groups is 1. The minimum Gasteiger partial charge on any atom is -0.469 e. The van der Waals surface area contributed by atoms with Crippen LogP contribution in [0.2, 0.25) is 0 Å². The second-order valence-corrected chi connectivity index (χ2v) is 4.42. The summed E-state index contributed by atoms with van der Waals surface area (Å²) in [7, 11) is 0. The molecule has 0 spiro atoms. The summed E-state index contributed by atoms with van der Waals surface area (Å²) >= 11 is 0. The molecule has 0 saturated heterocycles. The molecule has 0 unspecified atom stereocenters. The summed E-state index contributed by atoms with van der Waals surface area (Å²) in [5, 5.41) is 6.55.